The van der Waals surface area contributed by atoms with E-state index in [0.717, 1.165) is 23.4 Å². The molecule has 0 aromatic heterocycles. The van der Waals surface area contributed by atoms with Gasteiger partial charge >= 0.3 is 0 Å². The molecule has 1 unspecified atom stereocenters. The van der Waals surface area contributed by atoms with E-state index < -0.39 is 0 Å². The molecule has 0 spiro atoms. The Morgan fingerprint density at radius 1 is 1.04 bits per heavy atom. The first-order chi connectivity index (χ1) is 13.2. The van der Waals surface area contributed by atoms with E-state index in [0.29, 0.717) is 5.92 Å². The number of thiocarbonyl (C=S) groups is 1. The third-order valence-corrected chi connectivity index (χ3v) is 4.42. The minimum atomic E-state index is -0.288. The molecule has 0 heterocycles. The molecule has 0 bridgehead atoms. The SMILES string of the molecule is CC(C)Cc1ccc(C(C)C(=O)NC(=S)Nc2cccc(OC(C)C)c2)cc1. The smallest absolute Gasteiger partial charge is 0.233 e. The van der Waals surface area contributed by atoms with Crippen LogP contribution in [-0.4, -0.2) is 17.1 Å². The van der Waals surface area contributed by atoms with Crippen molar-refractivity contribution in [1.82, 2.24) is 5.32 Å². The molecular weight excluding hydrogens is 368 g/mol. The quantitative estimate of drug-likeness (QED) is 0.622. The topological polar surface area (TPSA) is 50.4 Å². The highest BCUT2D eigenvalue weighted by molar-refractivity contribution is 7.80. The van der Waals surface area contributed by atoms with Gasteiger partial charge in [-0.2, -0.15) is 0 Å². The zero-order chi connectivity index (χ0) is 20.7. The molecule has 1 atom stereocenters. The molecule has 150 valence electrons. The molecule has 2 aromatic rings. The van der Waals surface area contributed by atoms with E-state index in [1.54, 1.807) is 0 Å². The van der Waals surface area contributed by atoms with Gasteiger partial charge in [0.05, 0.1) is 12.0 Å². The molecule has 2 N–H and O–H groups in total. The Balaban J connectivity index is 1.93. The number of amides is 1. The van der Waals surface area contributed by atoms with Crippen molar-refractivity contribution in [3.63, 3.8) is 0 Å². The molecule has 0 radical (unpaired) electrons. The third kappa shape index (κ3) is 6.97. The van der Waals surface area contributed by atoms with E-state index in [4.69, 9.17) is 17.0 Å². The summed E-state index contributed by atoms with van der Waals surface area (Å²) in [5.41, 5.74) is 3.03. The van der Waals surface area contributed by atoms with E-state index in [-0.39, 0.29) is 23.0 Å². The van der Waals surface area contributed by atoms with Gasteiger partial charge in [-0.05, 0) is 68.6 Å². The van der Waals surface area contributed by atoms with Gasteiger partial charge in [-0.1, -0.05) is 44.2 Å². The second-order valence-electron chi connectivity index (χ2n) is 7.70. The molecule has 0 aliphatic heterocycles. The summed E-state index contributed by atoms with van der Waals surface area (Å²) >= 11 is 5.30. The van der Waals surface area contributed by atoms with Crippen LogP contribution in [0.15, 0.2) is 48.5 Å². The Bertz CT molecular complexity index is 801. The van der Waals surface area contributed by atoms with Crippen molar-refractivity contribution in [2.45, 2.75) is 53.1 Å². The van der Waals surface area contributed by atoms with Gasteiger partial charge in [0.15, 0.2) is 5.11 Å². The highest BCUT2D eigenvalue weighted by Gasteiger charge is 2.16. The number of benzene rings is 2. The maximum Gasteiger partial charge on any atom is 0.233 e. The van der Waals surface area contributed by atoms with Crippen LogP contribution < -0.4 is 15.4 Å². The van der Waals surface area contributed by atoms with Gasteiger partial charge in [0.2, 0.25) is 5.91 Å². The first-order valence-corrected chi connectivity index (χ1v) is 10.1. The number of carbonyl (C=O) groups is 1. The van der Waals surface area contributed by atoms with Gasteiger partial charge in [-0.3, -0.25) is 4.79 Å². The van der Waals surface area contributed by atoms with Crippen LogP contribution in [0.5, 0.6) is 5.75 Å². The van der Waals surface area contributed by atoms with E-state index in [2.05, 4.69) is 36.6 Å². The molecule has 0 saturated heterocycles. The number of hydrogen-bond donors (Lipinski definition) is 2. The van der Waals surface area contributed by atoms with Crippen LogP contribution in [0.25, 0.3) is 0 Å². The molecule has 2 rings (SSSR count). The summed E-state index contributed by atoms with van der Waals surface area (Å²) in [4.78, 5) is 12.6. The number of nitrogens with one attached hydrogen (secondary N) is 2. The Kier molecular flexibility index (Phi) is 8.00. The lowest BCUT2D eigenvalue weighted by molar-refractivity contribution is -0.120. The van der Waals surface area contributed by atoms with E-state index in [1.807, 2.05) is 57.2 Å². The number of ether oxygens (including phenoxy) is 1. The standard InChI is InChI=1S/C23H30N2O2S/c1-15(2)13-18-9-11-19(12-10-18)17(5)22(26)25-23(28)24-20-7-6-8-21(14-20)27-16(3)4/h6-12,14-17H,13H2,1-5H3,(H2,24,25,26,28). The predicted molar refractivity (Wildman–Crippen MR) is 120 cm³/mol. The molecule has 5 heteroatoms. The Labute approximate surface area is 173 Å². The molecule has 0 aliphatic rings. The fourth-order valence-electron chi connectivity index (χ4n) is 2.87. The molecule has 2 aromatic carbocycles. The van der Waals surface area contributed by atoms with Crippen LogP contribution in [0.3, 0.4) is 0 Å². The Morgan fingerprint density at radius 3 is 2.32 bits per heavy atom. The molecule has 28 heavy (non-hydrogen) atoms. The van der Waals surface area contributed by atoms with Crippen LogP contribution in [0, 0.1) is 5.92 Å². The van der Waals surface area contributed by atoms with Crippen molar-refractivity contribution in [3.05, 3.63) is 59.7 Å². The van der Waals surface area contributed by atoms with Crippen LogP contribution in [0.1, 0.15) is 51.7 Å². The van der Waals surface area contributed by atoms with E-state index in [1.165, 1.54) is 5.56 Å². The molecule has 0 aliphatic carbocycles. The highest BCUT2D eigenvalue weighted by atomic mass is 32.1. The second kappa shape index (κ2) is 10.2. The van der Waals surface area contributed by atoms with E-state index >= 15 is 0 Å². The van der Waals surface area contributed by atoms with Crippen LogP contribution in [0.4, 0.5) is 5.69 Å². The highest BCUT2D eigenvalue weighted by Crippen LogP contribution is 2.20. The fraction of sp³-hybridized carbons (Fsp3) is 0.391. The van der Waals surface area contributed by atoms with Crippen LogP contribution in [0.2, 0.25) is 0 Å². The van der Waals surface area contributed by atoms with Gasteiger partial charge in [0, 0.05) is 11.8 Å². The Hall–Kier alpha value is -2.40. The molecular formula is C23H30N2O2S. The summed E-state index contributed by atoms with van der Waals surface area (Å²) in [6.45, 7) is 10.2. The van der Waals surface area contributed by atoms with E-state index in [9.17, 15) is 4.79 Å². The second-order valence-corrected chi connectivity index (χ2v) is 8.11. The largest absolute Gasteiger partial charge is 0.491 e. The molecule has 4 nitrogen and oxygen atoms in total. The zero-order valence-corrected chi connectivity index (χ0v) is 18.1. The summed E-state index contributed by atoms with van der Waals surface area (Å²) in [6, 6.07) is 15.7. The van der Waals surface area contributed by atoms with Crippen molar-refractivity contribution < 1.29 is 9.53 Å². The van der Waals surface area contributed by atoms with Gasteiger partial charge in [-0.25, -0.2) is 0 Å². The number of anilines is 1. The summed E-state index contributed by atoms with van der Waals surface area (Å²) < 4.78 is 5.68. The minimum absolute atomic E-state index is 0.0923. The van der Waals surface area contributed by atoms with Crippen LogP contribution >= 0.6 is 12.2 Å². The normalized spacial score (nSPS) is 12.0. The fourth-order valence-corrected chi connectivity index (χ4v) is 3.09. The third-order valence-electron chi connectivity index (χ3n) is 4.22. The average Bonchev–Trinajstić information content (AvgIpc) is 2.60. The molecule has 0 fully saturated rings. The lowest BCUT2D eigenvalue weighted by Crippen LogP contribution is -2.36. The predicted octanol–water partition coefficient (Wildman–Crippen LogP) is 5.29. The van der Waals surface area contributed by atoms with Gasteiger partial charge in [-0.15, -0.1) is 0 Å². The van der Waals surface area contributed by atoms with Crippen LogP contribution in [-0.2, 0) is 11.2 Å². The summed E-state index contributed by atoms with van der Waals surface area (Å²) in [5.74, 6) is 0.940. The minimum Gasteiger partial charge on any atom is -0.491 e. The maximum atomic E-state index is 12.6. The van der Waals surface area contributed by atoms with Crippen molar-refractivity contribution in [2.75, 3.05) is 5.32 Å². The lowest BCUT2D eigenvalue weighted by Gasteiger charge is -2.16. The van der Waals surface area contributed by atoms with Crippen molar-refractivity contribution in [2.24, 2.45) is 5.92 Å². The van der Waals surface area contributed by atoms with Gasteiger partial charge in [0.1, 0.15) is 5.75 Å². The molecule has 0 saturated carbocycles. The van der Waals surface area contributed by atoms with Crippen molar-refractivity contribution in [3.8, 4) is 5.75 Å². The summed E-state index contributed by atoms with van der Waals surface area (Å²) in [5, 5.41) is 6.09. The van der Waals surface area contributed by atoms with Crippen molar-refractivity contribution >= 4 is 28.9 Å². The van der Waals surface area contributed by atoms with Crippen molar-refractivity contribution in [1.29, 1.82) is 0 Å². The number of carbonyl (C=O) groups excluding carboxylic acids is 1. The number of hydrogen-bond acceptors (Lipinski definition) is 3. The van der Waals surface area contributed by atoms with Gasteiger partial charge < -0.3 is 15.4 Å². The summed E-state index contributed by atoms with van der Waals surface area (Å²) in [6.07, 6.45) is 1.13. The Morgan fingerprint density at radius 2 is 1.71 bits per heavy atom. The monoisotopic (exact) mass is 398 g/mol. The summed E-state index contributed by atoms with van der Waals surface area (Å²) in [7, 11) is 0. The first kappa shape index (κ1) is 21.9. The van der Waals surface area contributed by atoms with Gasteiger partial charge in [0.25, 0.3) is 0 Å². The molecule has 1 amide bonds. The average molecular weight is 399 g/mol. The lowest BCUT2D eigenvalue weighted by atomic mass is 9.96. The first-order valence-electron chi connectivity index (χ1n) is 9.72. The maximum absolute atomic E-state index is 12.6. The number of rotatable bonds is 7. The zero-order valence-electron chi connectivity index (χ0n) is 17.3.